The van der Waals surface area contributed by atoms with E-state index in [1.54, 1.807) is 6.07 Å². The van der Waals surface area contributed by atoms with Crippen molar-refractivity contribution >= 4 is 29.0 Å². The van der Waals surface area contributed by atoms with Crippen LogP contribution in [0, 0.1) is 6.92 Å². The van der Waals surface area contributed by atoms with Gasteiger partial charge in [0, 0.05) is 43.9 Å². The molecule has 1 fully saturated rings. The summed E-state index contributed by atoms with van der Waals surface area (Å²) in [5.74, 6) is 2.11. The molecule has 28 heavy (non-hydrogen) atoms. The Kier molecular flexibility index (Phi) is 6.52. The first-order valence-corrected chi connectivity index (χ1v) is 10.1. The van der Waals surface area contributed by atoms with Gasteiger partial charge in [0.15, 0.2) is 0 Å². The van der Waals surface area contributed by atoms with Crippen LogP contribution in [0.15, 0.2) is 30.3 Å². The fourth-order valence-corrected chi connectivity index (χ4v) is 3.48. The molecule has 3 rings (SSSR count). The smallest absolute Gasteiger partial charge is 0.241 e. The number of aryl methyl sites for hydroxylation is 1. The molecule has 0 saturated carbocycles. The van der Waals surface area contributed by atoms with Crippen molar-refractivity contribution in [3.8, 4) is 0 Å². The molecule has 1 aliphatic rings. The second kappa shape index (κ2) is 8.88. The number of benzene rings is 1. The summed E-state index contributed by atoms with van der Waals surface area (Å²) < 4.78 is 0. The third kappa shape index (κ3) is 4.80. The van der Waals surface area contributed by atoms with E-state index in [0.717, 1.165) is 43.5 Å². The zero-order valence-electron chi connectivity index (χ0n) is 16.9. The quantitative estimate of drug-likeness (QED) is 0.827. The van der Waals surface area contributed by atoms with E-state index in [1.807, 2.05) is 38.1 Å². The zero-order chi connectivity index (χ0) is 20.3. The van der Waals surface area contributed by atoms with Gasteiger partial charge in [0.1, 0.15) is 11.6 Å². The van der Waals surface area contributed by atoms with E-state index in [0.29, 0.717) is 16.6 Å². The Balaban J connectivity index is 1.60. The number of anilines is 2. The monoisotopic (exact) mass is 401 g/mol. The minimum absolute atomic E-state index is 0.0403. The van der Waals surface area contributed by atoms with Crippen molar-refractivity contribution in [2.45, 2.75) is 39.7 Å². The Morgan fingerprint density at radius 1 is 1.11 bits per heavy atom. The number of nitrogens with one attached hydrogen (secondary N) is 1. The standard InChI is InChI=1S/C21H28ClN5O/c1-14(2)20-23-15(3)13-19(25-20)27-11-9-26(10-12-27)16(4)21(28)24-18-8-6-5-7-17(18)22/h5-8,13-14,16H,9-12H2,1-4H3,(H,24,28). The van der Waals surface area contributed by atoms with Crippen molar-refractivity contribution in [3.63, 3.8) is 0 Å². The molecule has 1 N–H and O–H groups in total. The molecule has 1 aromatic carbocycles. The molecule has 1 aliphatic heterocycles. The highest BCUT2D eigenvalue weighted by Crippen LogP contribution is 2.22. The Labute approximate surface area is 171 Å². The number of halogens is 1. The molecule has 0 bridgehead atoms. The highest BCUT2D eigenvalue weighted by atomic mass is 35.5. The van der Waals surface area contributed by atoms with Gasteiger partial charge in [-0.2, -0.15) is 0 Å². The average Bonchev–Trinajstić information content (AvgIpc) is 2.68. The van der Waals surface area contributed by atoms with Gasteiger partial charge in [-0.05, 0) is 26.0 Å². The van der Waals surface area contributed by atoms with E-state index < -0.39 is 0 Å². The van der Waals surface area contributed by atoms with Crippen LogP contribution in [-0.2, 0) is 4.79 Å². The van der Waals surface area contributed by atoms with Gasteiger partial charge in [-0.3, -0.25) is 9.69 Å². The molecule has 1 unspecified atom stereocenters. The van der Waals surface area contributed by atoms with Crippen LogP contribution in [0.3, 0.4) is 0 Å². The van der Waals surface area contributed by atoms with E-state index in [1.165, 1.54) is 0 Å². The van der Waals surface area contributed by atoms with Crippen LogP contribution in [0.4, 0.5) is 11.5 Å². The summed E-state index contributed by atoms with van der Waals surface area (Å²) in [7, 11) is 0. The number of para-hydroxylation sites is 1. The number of amides is 1. The van der Waals surface area contributed by atoms with Crippen molar-refractivity contribution < 1.29 is 4.79 Å². The second-order valence-electron chi connectivity index (χ2n) is 7.55. The Morgan fingerprint density at radius 2 is 1.79 bits per heavy atom. The summed E-state index contributed by atoms with van der Waals surface area (Å²) in [6.45, 7) is 11.4. The first-order chi connectivity index (χ1) is 13.3. The van der Waals surface area contributed by atoms with E-state index in [9.17, 15) is 4.79 Å². The third-order valence-corrected chi connectivity index (χ3v) is 5.40. The predicted octanol–water partition coefficient (Wildman–Crippen LogP) is 3.71. The molecule has 2 aromatic rings. The Bertz CT molecular complexity index is 833. The van der Waals surface area contributed by atoms with Crippen molar-refractivity contribution in [1.29, 1.82) is 0 Å². The van der Waals surface area contributed by atoms with Crippen molar-refractivity contribution in [2.24, 2.45) is 0 Å². The van der Waals surface area contributed by atoms with Crippen LogP contribution in [0.1, 0.15) is 38.2 Å². The summed E-state index contributed by atoms with van der Waals surface area (Å²) in [6.07, 6.45) is 0. The predicted molar refractivity (Wildman–Crippen MR) is 114 cm³/mol. The summed E-state index contributed by atoms with van der Waals surface area (Å²) in [6, 6.07) is 9.11. The number of piperazine rings is 1. The molecule has 1 aromatic heterocycles. The van der Waals surface area contributed by atoms with Crippen molar-refractivity contribution in [1.82, 2.24) is 14.9 Å². The second-order valence-corrected chi connectivity index (χ2v) is 7.96. The molecule has 1 atom stereocenters. The van der Waals surface area contributed by atoms with Gasteiger partial charge in [-0.25, -0.2) is 9.97 Å². The highest BCUT2D eigenvalue weighted by molar-refractivity contribution is 6.33. The largest absolute Gasteiger partial charge is 0.354 e. The van der Waals surface area contributed by atoms with Gasteiger partial charge in [-0.1, -0.05) is 37.6 Å². The lowest BCUT2D eigenvalue weighted by atomic mass is 10.2. The molecule has 7 heteroatoms. The van der Waals surface area contributed by atoms with Crippen LogP contribution < -0.4 is 10.2 Å². The molecular formula is C21H28ClN5O. The molecule has 1 saturated heterocycles. The summed E-state index contributed by atoms with van der Waals surface area (Å²) >= 11 is 6.15. The number of hydrogen-bond donors (Lipinski definition) is 1. The number of aromatic nitrogens is 2. The Hall–Kier alpha value is -2.18. The molecule has 0 aliphatic carbocycles. The Morgan fingerprint density at radius 3 is 2.43 bits per heavy atom. The normalized spacial score (nSPS) is 16.3. The van der Waals surface area contributed by atoms with Crippen LogP contribution in [0.5, 0.6) is 0 Å². The van der Waals surface area contributed by atoms with Gasteiger partial charge >= 0.3 is 0 Å². The highest BCUT2D eigenvalue weighted by Gasteiger charge is 2.26. The molecule has 1 amide bonds. The topological polar surface area (TPSA) is 61.4 Å². The summed E-state index contributed by atoms with van der Waals surface area (Å²) in [4.78, 5) is 26.4. The van der Waals surface area contributed by atoms with Gasteiger partial charge in [0.2, 0.25) is 5.91 Å². The lowest BCUT2D eigenvalue weighted by Gasteiger charge is -2.38. The first-order valence-electron chi connectivity index (χ1n) is 9.75. The molecule has 2 heterocycles. The van der Waals surface area contributed by atoms with Gasteiger partial charge in [0.05, 0.1) is 16.8 Å². The fourth-order valence-electron chi connectivity index (χ4n) is 3.30. The van der Waals surface area contributed by atoms with Gasteiger partial charge in [-0.15, -0.1) is 0 Å². The number of hydrogen-bond acceptors (Lipinski definition) is 5. The lowest BCUT2D eigenvalue weighted by molar-refractivity contribution is -0.120. The number of carbonyl (C=O) groups is 1. The van der Waals surface area contributed by atoms with Crippen LogP contribution >= 0.6 is 11.6 Å². The molecule has 6 nitrogen and oxygen atoms in total. The number of carbonyl (C=O) groups excluding carboxylic acids is 1. The average molecular weight is 402 g/mol. The van der Waals surface area contributed by atoms with Crippen LogP contribution in [0.25, 0.3) is 0 Å². The lowest BCUT2D eigenvalue weighted by Crippen LogP contribution is -2.53. The maximum atomic E-state index is 12.6. The SMILES string of the molecule is Cc1cc(N2CCN(C(C)C(=O)Nc3ccccc3Cl)CC2)nc(C(C)C)n1. The van der Waals surface area contributed by atoms with Gasteiger partial charge in [0.25, 0.3) is 0 Å². The molecular weight excluding hydrogens is 374 g/mol. The van der Waals surface area contributed by atoms with E-state index >= 15 is 0 Å². The van der Waals surface area contributed by atoms with E-state index in [-0.39, 0.29) is 11.9 Å². The van der Waals surface area contributed by atoms with Crippen molar-refractivity contribution in [2.75, 3.05) is 36.4 Å². The number of nitrogens with zero attached hydrogens (tertiary/aromatic N) is 4. The molecule has 150 valence electrons. The van der Waals surface area contributed by atoms with E-state index in [4.69, 9.17) is 16.6 Å². The fraction of sp³-hybridized carbons (Fsp3) is 0.476. The minimum atomic E-state index is -0.225. The number of rotatable bonds is 5. The maximum absolute atomic E-state index is 12.6. The minimum Gasteiger partial charge on any atom is -0.354 e. The molecule has 0 spiro atoms. The van der Waals surface area contributed by atoms with Crippen LogP contribution in [0.2, 0.25) is 5.02 Å². The summed E-state index contributed by atoms with van der Waals surface area (Å²) in [5.41, 5.74) is 1.64. The third-order valence-electron chi connectivity index (χ3n) is 5.07. The zero-order valence-corrected chi connectivity index (χ0v) is 17.7. The van der Waals surface area contributed by atoms with Crippen LogP contribution in [-0.4, -0.2) is 53.0 Å². The van der Waals surface area contributed by atoms with E-state index in [2.05, 4.69) is 33.9 Å². The van der Waals surface area contributed by atoms with Crippen molar-refractivity contribution in [3.05, 3.63) is 46.9 Å². The maximum Gasteiger partial charge on any atom is 0.241 e. The molecule has 0 radical (unpaired) electrons. The van der Waals surface area contributed by atoms with Gasteiger partial charge < -0.3 is 10.2 Å². The first kappa shape index (κ1) is 20.6. The summed E-state index contributed by atoms with van der Waals surface area (Å²) in [5, 5.41) is 3.48.